The first kappa shape index (κ1) is 36.0. The summed E-state index contributed by atoms with van der Waals surface area (Å²) in [7, 11) is 0. The summed E-state index contributed by atoms with van der Waals surface area (Å²) < 4.78 is 0. The van der Waals surface area contributed by atoms with E-state index >= 15 is 0 Å². The van der Waals surface area contributed by atoms with Gasteiger partial charge in [-0.1, -0.05) is 175 Å². The third-order valence-electron chi connectivity index (χ3n) is 8.56. The molecule has 0 aliphatic heterocycles. The second-order valence-electron chi connectivity index (χ2n) is 12.7. The smallest absolute Gasteiger partial charge is 0.0153 e. The van der Waals surface area contributed by atoms with Gasteiger partial charge in [0.15, 0.2) is 0 Å². The Kier molecular flexibility index (Phi) is 27.9. The van der Waals surface area contributed by atoms with Crippen LogP contribution in [0.4, 0.5) is 0 Å². The molecule has 0 aromatic carbocycles. The number of nitrogens with zero attached hydrogens (tertiary/aromatic N) is 1. The molecule has 0 saturated carbocycles. The van der Waals surface area contributed by atoms with Crippen LogP contribution >= 0.6 is 0 Å². The first-order valence-corrected chi connectivity index (χ1v) is 17.3. The fourth-order valence-corrected chi connectivity index (χ4v) is 5.79. The van der Waals surface area contributed by atoms with E-state index in [2.05, 4.69) is 39.5 Å². The summed E-state index contributed by atoms with van der Waals surface area (Å²) in [5, 5.41) is 0. The molecule has 0 aromatic rings. The highest BCUT2D eigenvalue weighted by Gasteiger charge is 2.25. The highest BCUT2D eigenvalue weighted by atomic mass is 15.2. The quantitative estimate of drug-likeness (QED) is 0.0873. The molecular formula is C35H73N. The van der Waals surface area contributed by atoms with Gasteiger partial charge in [0.2, 0.25) is 0 Å². The Morgan fingerprint density at radius 1 is 0.333 bits per heavy atom. The largest absolute Gasteiger partial charge is 0.298 e. The van der Waals surface area contributed by atoms with Crippen LogP contribution in [0.2, 0.25) is 0 Å². The van der Waals surface area contributed by atoms with Crippen LogP contribution in [-0.2, 0) is 0 Å². The van der Waals surface area contributed by atoms with Crippen LogP contribution in [0.15, 0.2) is 0 Å². The second-order valence-corrected chi connectivity index (χ2v) is 12.7. The van der Waals surface area contributed by atoms with Crippen molar-refractivity contribution >= 4 is 0 Å². The molecule has 1 nitrogen and oxygen atoms in total. The van der Waals surface area contributed by atoms with Crippen LogP contribution in [0.5, 0.6) is 0 Å². The van der Waals surface area contributed by atoms with E-state index in [-0.39, 0.29) is 0 Å². The average Bonchev–Trinajstić information content (AvgIpc) is 2.86. The Balaban J connectivity index is 4.19. The normalized spacial score (nSPS) is 12.2. The standard InChI is InChI=1S/C35H73N/c1-6-9-12-15-18-20-22-24-27-30-33-36(35(4,5)32-29-26-17-14-11-8-3)34-31-28-25-23-21-19-16-13-10-7-2/h6-34H2,1-5H3. The van der Waals surface area contributed by atoms with Gasteiger partial charge in [-0.2, -0.15) is 0 Å². The van der Waals surface area contributed by atoms with E-state index in [1.54, 1.807) is 0 Å². The minimum absolute atomic E-state index is 0.378. The van der Waals surface area contributed by atoms with Crippen molar-refractivity contribution in [2.75, 3.05) is 13.1 Å². The molecule has 0 atom stereocenters. The zero-order chi connectivity index (χ0) is 26.6. The Hall–Kier alpha value is -0.0400. The molecule has 0 aliphatic rings. The Morgan fingerprint density at radius 2 is 0.583 bits per heavy atom. The number of hydrogen-bond acceptors (Lipinski definition) is 1. The zero-order valence-electron chi connectivity index (χ0n) is 26.5. The van der Waals surface area contributed by atoms with E-state index in [0.29, 0.717) is 5.54 Å². The van der Waals surface area contributed by atoms with Gasteiger partial charge < -0.3 is 0 Å². The van der Waals surface area contributed by atoms with E-state index in [0.717, 1.165) is 0 Å². The summed E-state index contributed by atoms with van der Waals surface area (Å²) in [4.78, 5) is 2.90. The van der Waals surface area contributed by atoms with Crippen molar-refractivity contribution in [3.05, 3.63) is 0 Å². The van der Waals surface area contributed by atoms with E-state index < -0.39 is 0 Å². The number of rotatable bonds is 30. The highest BCUT2D eigenvalue weighted by Crippen LogP contribution is 2.25. The minimum atomic E-state index is 0.378. The predicted octanol–water partition coefficient (Wildman–Crippen LogP) is 12.7. The van der Waals surface area contributed by atoms with Crippen LogP contribution in [-0.4, -0.2) is 23.5 Å². The maximum atomic E-state index is 2.90. The SMILES string of the molecule is CCCCCCCCCCCCN(CCCCCCCCCCCC)C(C)(C)CCCCCCCC. The summed E-state index contributed by atoms with van der Waals surface area (Å²) >= 11 is 0. The van der Waals surface area contributed by atoms with Crippen molar-refractivity contribution in [2.45, 2.75) is 214 Å². The summed E-state index contributed by atoms with van der Waals surface area (Å²) in [5.41, 5.74) is 0.378. The van der Waals surface area contributed by atoms with Gasteiger partial charge in [-0.25, -0.2) is 0 Å². The van der Waals surface area contributed by atoms with E-state index in [4.69, 9.17) is 0 Å². The summed E-state index contributed by atoms with van der Waals surface area (Å²) in [6, 6.07) is 0. The maximum absolute atomic E-state index is 2.90. The first-order chi connectivity index (χ1) is 17.6. The molecule has 0 bridgehead atoms. The van der Waals surface area contributed by atoms with Crippen molar-refractivity contribution < 1.29 is 0 Å². The fraction of sp³-hybridized carbons (Fsp3) is 1.00. The molecular weight excluding hydrogens is 434 g/mol. The molecule has 0 spiro atoms. The second kappa shape index (κ2) is 28.0. The molecule has 0 N–H and O–H groups in total. The van der Waals surface area contributed by atoms with Crippen molar-refractivity contribution in [3.63, 3.8) is 0 Å². The molecule has 0 amide bonds. The lowest BCUT2D eigenvalue weighted by molar-refractivity contribution is 0.102. The van der Waals surface area contributed by atoms with E-state index in [1.165, 1.54) is 186 Å². The molecule has 0 saturated heterocycles. The molecule has 36 heavy (non-hydrogen) atoms. The fourth-order valence-electron chi connectivity index (χ4n) is 5.79. The van der Waals surface area contributed by atoms with Gasteiger partial charge in [-0.3, -0.25) is 4.90 Å². The third kappa shape index (κ3) is 24.3. The van der Waals surface area contributed by atoms with Gasteiger partial charge >= 0.3 is 0 Å². The van der Waals surface area contributed by atoms with Gasteiger partial charge in [0.05, 0.1) is 0 Å². The molecule has 0 heterocycles. The maximum Gasteiger partial charge on any atom is 0.0153 e. The monoisotopic (exact) mass is 508 g/mol. The first-order valence-electron chi connectivity index (χ1n) is 17.3. The lowest BCUT2D eigenvalue weighted by Gasteiger charge is -2.39. The summed E-state index contributed by atoms with van der Waals surface area (Å²) in [6.45, 7) is 14.7. The summed E-state index contributed by atoms with van der Waals surface area (Å²) in [6.07, 6.45) is 38.8. The zero-order valence-corrected chi connectivity index (χ0v) is 26.5. The number of unbranched alkanes of at least 4 members (excludes halogenated alkanes) is 23. The van der Waals surface area contributed by atoms with Crippen LogP contribution in [0.3, 0.4) is 0 Å². The van der Waals surface area contributed by atoms with Gasteiger partial charge in [0, 0.05) is 5.54 Å². The van der Waals surface area contributed by atoms with E-state index in [9.17, 15) is 0 Å². The molecule has 0 rings (SSSR count). The van der Waals surface area contributed by atoms with Gasteiger partial charge in [0.25, 0.3) is 0 Å². The van der Waals surface area contributed by atoms with Crippen LogP contribution in [0.1, 0.15) is 208 Å². The summed E-state index contributed by atoms with van der Waals surface area (Å²) in [5.74, 6) is 0. The van der Waals surface area contributed by atoms with Gasteiger partial charge in [0.1, 0.15) is 0 Å². The third-order valence-corrected chi connectivity index (χ3v) is 8.56. The van der Waals surface area contributed by atoms with Crippen LogP contribution in [0, 0.1) is 0 Å². The molecule has 1 heteroatoms. The lowest BCUT2D eigenvalue weighted by Crippen LogP contribution is -2.45. The average molecular weight is 508 g/mol. The van der Waals surface area contributed by atoms with Gasteiger partial charge in [-0.05, 0) is 46.2 Å². The van der Waals surface area contributed by atoms with Crippen molar-refractivity contribution in [2.24, 2.45) is 0 Å². The minimum Gasteiger partial charge on any atom is -0.298 e. The molecule has 0 fully saturated rings. The van der Waals surface area contributed by atoms with Crippen molar-refractivity contribution in [1.29, 1.82) is 0 Å². The molecule has 0 aromatic heterocycles. The Labute approximate surface area is 231 Å². The Morgan fingerprint density at radius 3 is 0.889 bits per heavy atom. The Bertz CT molecular complexity index is 377. The predicted molar refractivity (Wildman–Crippen MR) is 167 cm³/mol. The topological polar surface area (TPSA) is 3.24 Å². The van der Waals surface area contributed by atoms with Crippen LogP contribution in [0.25, 0.3) is 0 Å². The van der Waals surface area contributed by atoms with Gasteiger partial charge in [-0.15, -0.1) is 0 Å². The molecule has 0 unspecified atom stereocenters. The lowest BCUT2D eigenvalue weighted by atomic mass is 9.93. The van der Waals surface area contributed by atoms with Crippen molar-refractivity contribution in [3.8, 4) is 0 Å². The number of hydrogen-bond donors (Lipinski definition) is 0. The molecule has 0 radical (unpaired) electrons. The molecule has 218 valence electrons. The van der Waals surface area contributed by atoms with Crippen LogP contribution < -0.4 is 0 Å². The highest BCUT2D eigenvalue weighted by molar-refractivity contribution is 4.81. The van der Waals surface area contributed by atoms with E-state index in [1.807, 2.05) is 0 Å². The molecule has 0 aliphatic carbocycles. The van der Waals surface area contributed by atoms with Crippen molar-refractivity contribution in [1.82, 2.24) is 4.90 Å².